The van der Waals surface area contributed by atoms with Gasteiger partial charge >= 0.3 is 0 Å². The van der Waals surface area contributed by atoms with Crippen LogP contribution < -0.4 is 4.74 Å². The van der Waals surface area contributed by atoms with Crippen LogP contribution in [0.2, 0.25) is 0 Å². The Bertz CT molecular complexity index is 951. The number of carbonyl (C=O) groups excluding carboxylic acids is 1. The van der Waals surface area contributed by atoms with Crippen molar-refractivity contribution in [2.45, 2.75) is 57.8 Å². The standard InChI is InChI=1S/C28H34O3/c1-28-17-25(18-5-10-22(31-2)11-6-18)27-23-13-9-21(30)16-19(23)7-12-24(27)26(28)14-8-20(28)4-3-15-29/h3-6,10-11,16,20,24-26,29H,7-9,12-15,17H2,1-2H3/t20-,24+,25-,26+,28-/m1/s1. The Morgan fingerprint density at radius 2 is 1.94 bits per heavy atom. The fraction of sp³-hybridized carbons (Fsp3) is 0.536. The Morgan fingerprint density at radius 1 is 1.13 bits per heavy atom. The SMILES string of the molecule is COc1ccc([C@H]2C[C@]3(C)[C@H](C=CCO)CC[C@H]3[C@@H]3CCC4=CC(=O)CCC4=C32)cc1. The van der Waals surface area contributed by atoms with Crippen molar-refractivity contribution in [3.8, 4) is 5.75 Å². The molecule has 1 aromatic carbocycles. The van der Waals surface area contributed by atoms with E-state index in [1.54, 1.807) is 12.7 Å². The Labute approximate surface area is 185 Å². The number of hydrogen-bond donors (Lipinski definition) is 1. The van der Waals surface area contributed by atoms with E-state index in [9.17, 15) is 9.90 Å². The molecule has 1 N–H and O–H groups in total. The van der Waals surface area contributed by atoms with E-state index < -0.39 is 0 Å². The lowest BCUT2D eigenvalue weighted by Gasteiger charge is -2.52. The van der Waals surface area contributed by atoms with Crippen LogP contribution in [-0.4, -0.2) is 24.6 Å². The topological polar surface area (TPSA) is 46.5 Å². The van der Waals surface area contributed by atoms with E-state index in [4.69, 9.17) is 4.74 Å². The fourth-order valence-electron chi connectivity index (χ4n) is 7.37. The number of ketones is 1. The smallest absolute Gasteiger partial charge is 0.156 e. The number of aliphatic hydroxyl groups excluding tert-OH is 1. The van der Waals surface area contributed by atoms with Gasteiger partial charge in [0, 0.05) is 12.3 Å². The molecule has 0 aliphatic heterocycles. The van der Waals surface area contributed by atoms with Gasteiger partial charge in [0.25, 0.3) is 0 Å². The van der Waals surface area contributed by atoms with Crippen LogP contribution in [0, 0.1) is 23.2 Å². The van der Waals surface area contributed by atoms with Gasteiger partial charge in [-0.2, -0.15) is 0 Å². The second kappa shape index (κ2) is 8.09. The van der Waals surface area contributed by atoms with E-state index in [1.807, 2.05) is 12.2 Å². The summed E-state index contributed by atoms with van der Waals surface area (Å²) in [6.45, 7) is 2.63. The van der Waals surface area contributed by atoms with Crippen LogP contribution in [0.5, 0.6) is 5.75 Å². The van der Waals surface area contributed by atoms with Gasteiger partial charge in [0.2, 0.25) is 0 Å². The minimum absolute atomic E-state index is 0.125. The molecule has 4 aliphatic rings. The maximum atomic E-state index is 12.1. The average Bonchev–Trinajstić information content (AvgIpc) is 3.12. The third-order valence-electron chi connectivity index (χ3n) is 8.80. The van der Waals surface area contributed by atoms with Gasteiger partial charge in [-0.3, -0.25) is 4.79 Å². The highest BCUT2D eigenvalue weighted by Gasteiger charge is 2.55. The Kier molecular flexibility index (Phi) is 5.42. The van der Waals surface area contributed by atoms with E-state index in [-0.39, 0.29) is 12.0 Å². The monoisotopic (exact) mass is 418 g/mol. The minimum Gasteiger partial charge on any atom is -0.497 e. The summed E-state index contributed by atoms with van der Waals surface area (Å²) in [5.74, 6) is 3.43. The molecule has 0 saturated heterocycles. The lowest BCUT2D eigenvalue weighted by atomic mass is 9.52. The number of hydrogen-bond acceptors (Lipinski definition) is 3. The zero-order chi connectivity index (χ0) is 21.6. The van der Waals surface area contributed by atoms with E-state index in [1.165, 1.54) is 36.0 Å². The summed E-state index contributed by atoms with van der Waals surface area (Å²) in [6, 6.07) is 8.67. The normalized spacial score (nSPS) is 34.9. The Balaban J connectivity index is 1.63. The molecule has 0 radical (unpaired) electrons. The molecule has 0 spiro atoms. The molecule has 31 heavy (non-hydrogen) atoms. The second-order valence-electron chi connectivity index (χ2n) is 10.2. The zero-order valence-electron chi connectivity index (χ0n) is 18.8. The quantitative estimate of drug-likeness (QED) is 0.633. The minimum atomic E-state index is 0.125. The van der Waals surface area contributed by atoms with Gasteiger partial charge in [0.1, 0.15) is 5.75 Å². The lowest BCUT2D eigenvalue weighted by molar-refractivity contribution is -0.114. The molecule has 2 fully saturated rings. The van der Waals surface area contributed by atoms with Crippen molar-refractivity contribution in [1.82, 2.24) is 0 Å². The number of methoxy groups -OCH3 is 1. The van der Waals surface area contributed by atoms with Crippen molar-refractivity contribution in [2.24, 2.45) is 23.2 Å². The summed E-state index contributed by atoms with van der Waals surface area (Å²) in [4.78, 5) is 12.1. The van der Waals surface area contributed by atoms with E-state index in [2.05, 4.69) is 37.3 Å². The van der Waals surface area contributed by atoms with E-state index in [0.717, 1.165) is 25.0 Å². The highest BCUT2D eigenvalue weighted by Crippen LogP contribution is 2.65. The largest absolute Gasteiger partial charge is 0.497 e. The molecule has 164 valence electrons. The third-order valence-corrected chi connectivity index (χ3v) is 8.80. The number of fused-ring (bicyclic) bond motifs is 4. The van der Waals surface area contributed by atoms with E-state index in [0.29, 0.717) is 35.9 Å². The number of aliphatic hydroxyl groups is 1. The highest BCUT2D eigenvalue weighted by atomic mass is 16.5. The first-order chi connectivity index (χ1) is 15.0. The number of rotatable bonds is 4. The second-order valence-corrected chi connectivity index (χ2v) is 10.2. The molecule has 4 aliphatic carbocycles. The van der Waals surface area contributed by atoms with Crippen LogP contribution in [0.3, 0.4) is 0 Å². The van der Waals surface area contributed by atoms with Crippen molar-refractivity contribution in [2.75, 3.05) is 13.7 Å². The van der Waals surface area contributed by atoms with Gasteiger partial charge in [-0.25, -0.2) is 0 Å². The van der Waals surface area contributed by atoms with Crippen LogP contribution in [0.4, 0.5) is 0 Å². The molecule has 5 atom stereocenters. The predicted octanol–water partition coefficient (Wildman–Crippen LogP) is 5.76. The van der Waals surface area contributed by atoms with Crippen molar-refractivity contribution < 1.29 is 14.6 Å². The summed E-state index contributed by atoms with van der Waals surface area (Å²) in [5.41, 5.74) is 6.09. The molecule has 0 unspecified atom stereocenters. The summed E-state index contributed by atoms with van der Waals surface area (Å²) in [6.07, 6.45) is 13.6. The molecular weight excluding hydrogens is 384 g/mol. The summed E-state index contributed by atoms with van der Waals surface area (Å²) in [5, 5.41) is 9.38. The molecule has 1 aromatic rings. The molecule has 5 rings (SSSR count). The van der Waals surface area contributed by atoms with Crippen molar-refractivity contribution in [3.05, 3.63) is 64.8 Å². The maximum Gasteiger partial charge on any atom is 0.156 e. The first-order valence-corrected chi connectivity index (χ1v) is 11.9. The first-order valence-electron chi connectivity index (χ1n) is 11.9. The predicted molar refractivity (Wildman–Crippen MR) is 123 cm³/mol. The van der Waals surface area contributed by atoms with Gasteiger partial charge < -0.3 is 9.84 Å². The van der Waals surface area contributed by atoms with Crippen LogP contribution in [0.1, 0.15) is 63.4 Å². The molecule has 2 saturated carbocycles. The van der Waals surface area contributed by atoms with Gasteiger partial charge in [0.15, 0.2) is 5.78 Å². The fourth-order valence-corrected chi connectivity index (χ4v) is 7.37. The summed E-state index contributed by atoms with van der Waals surface area (Å²) < 4.78 is 5.42. The first kappa shape index (κ1) is 20.8. The van der Waals surface area contributed by atoms with Crippen LogP contribution in [-0.2, 0) is 4.79 Å². The van der Waals surface area contributed by atoms with Gasteiger partial charge in [-0.05, 0) is 96.6 Å². The van der Waals surface area contributed by atoms with Crippen LogP contribution in [0.25, 0.3) is 0 Å². The van der Waals surface area contributed by atoms with E-state index >= 15 is 0 Å². The number of allylic oxidation sites excluding steroid dienone is 5. The maximum absolute atomic E-state index is 12.1. The Morgan fingerprint density at radius 3 is 2.68 bits per heavy atom. The van der Waals surface area contributed by atoms with Gasteiger partial charge in [0.05, 0.1) is 13.7 Å². The molecule has 0 bridgehead atoms. The number of ether oxygens (including phenoxy) is 1. The summed E-state index contributed by atoms with van der Waals surface area (Å²) in [7, 11) is 1.72. The summed E-state index contributed by atoms with van der Waals surface area (Å²) >= 11 is 0. The molecule has 3 heteroatoms. The van der Waals surface area contributed by atoms with Gasteiger partial charge in [-0.15, -0.1) is 0 Å². The highest BCUT2D eigenvalue weighted by molar-refractivity contribution is 5.93. The van der Waals surface area contributed by atoms with Crippen LogP contribution >= 0.6 is 0 Å². The van der Waals surface area contributed by atoms with Gasteiger partial charge in [-0.1, -0.05) is 36.8 Å². The Hall–Kier alpha value is -2.13. The van der Waals surface area contributed by atoms with Crippen molar-refractivity contribution >= 4 is 5.78 Å². The molecule has 3 nitrogen and oxygen atoms in total. The molecular formula is C28H34O3. The molecule has 0 heterocycles. The number of benzene rings is 1. The van der Waals surface area contributed by atoms with Crippen molar-refractivity contribution in [1.29, 1.82) is 0 Å². The van der Waals surface area contributed by atoms with Crippen molar-refractivity contribution in [3.63, 3.8) is 0 Å². The van der Waals surface area contributed by atoms with Crippen LogP contribution in [0.15, 0.2) is 59.2 Å². The third kappa shape index (κ3) is 3.42. The zero-order valence-corrected chi connectivity index (χ0v) is 18.8. The molecule has 0 amide bonds. The number of carbonyl (C=O) groups is 1. The average molecular weight is 419 g/mol. The lowest BCUT2D eigenvalue weighted by Crippen LogP contribution is -2.43. The molecule has 0 aromatic heterocycles.